The Hall–Kier alpha value is -3.74. The highest BCUT2D eigenvalue weighted by Gasteiger charge is 2.23. The van der Waals surface area contributed by atoms with E-state index in [2.05, 4.69) is 92.9 Å². The van der Waals surface area contributed by atoms with Crippen LogP contribution in [0.5, 0.6) is 0 Å². The molecule has 6 heteroatoms. The number of unbranched alkanes of at least 4 members (excludes halogenated alkanes) is 14. The molecule has 0 aromatic carbocycles. The summed E-state index contributed by atoms with van der Waals surface area (Å²) in [4.78, 5) is 26.1. The predicted octanol–water partition coefficient (Wildman–Crippen LogP) is 14.9. The van der Waals surface area contributed by atoms with Crippen LogP contribution in [0.25, 0.3) is 0 Å². The molecule has 0 bridgehead atoms. The average Bonchev–Trinajstić information content (AvgIpc) is 3.26. The molecular weight excluding hydrogens is 767 g/mol. The van der Waals surface area contributed by atoms with Crippen molar-refractivity contribution in [2.24, 2.45) is 0 Å². The molecule has 0 aromatic heterocycles. The van der Waals surface area contributed by atoms with E-state index in [-0.39, 0.29) is 31.3 Å². The fourth-order valence-corrected chi connectivity index (χ4v) is 6.73. The molecule has 62 heavy (non-hydrogen) atoms. The summed E-state index contributed by atoms with van der Waals surface area (Å²) in [6, 6.07) is -0.742. The van der Waals surface area contributed by atoms with Crippen LogP contribution < -0.4 is 5.32 Å². The van der Waals surface area contributed by atoms with Gasteiger partial charge in [-0.1, -0.05) is 226 Å². The normalized spacial score (nSPS) is 14.3. The molecular formula is C56H91NO5. The van der Waals surface area contributed by atoms with Crippen LogP contribution in [-0.2, 0) is 14.3 Å². The highest BCUT2D eigenvalue weighted by molar-refractivity contribution is 5.77. The van der Waals surface area contributed by atoms with Gasteiger partial charge in [0.15, 0.2) is 0 Å². The Bertz CT molecular complexity index is 1330. The van der Waals surface area contributed by atoms with Gasteiger partial charge in [-0.25, -0.2) is 0 Å². The third-order valence-corrected chi connectivity index (χ3v) is 10.4. The van der Waals surface area contributed by atoms with E-state index in [0.29, 0.717) is 19.3 Å². The van der Waals surface area contributed by atoms with Gasteiger partial charge in [0.05, 0.1) is 25.2 Å². The Morgan fingerprint density at radius 3 is 1.47 bits per heavy atom. The minimum Gasteiger partial charge on any atom is -0.462 e. The van der Waals surface area contributed by atoms with Gasteiger partial charge in [-0.2, -0.15) is 0 Å². The number of hydrogen-bond acceptors (Lipinski definition) is 5. The minimum atomic E-state index is -0.822. The minimum absolute atomic E-state index is 0.00165. The van der Waals surface area contributed by atoms with Crippen molar-refractivity contribution in [2.75, 3.05) is 6.61 Å². The molecule has 3 N–H and O–H groups in total. The van der Waals surface area contributed by atoms with Crippen molar-refractivity contribution in [3.8, 4) is 0 Å². The van der Waals surface area contributed by atoms with Gasteiger partial charge in [0.1, 0.15) is 6.10 Å². The predicted molar refractivity (Wildman–Crippen MR) is 268 cm³/mol. The molecule has 0 saturated heterocycles. The Morgan fingerprint density at radius 2 is 0.952 bits per heavy atom. The molecule has 6 nitrogen and oxygen atoms in total. The number of allylic oxidation sites excluding steroid dienone is 20. The number of ether oxygens (including phenoxy) is 1. The van der Waals surface area contributed by atoms with Gasteiger partial charge in [0.25, 0.3) is 0 Å². The number of hydrogen-bond donors (Lipinski definition) is 3. The Morgan fingerprint density at radius 1 is 0.500 bits per heavy atom. The molecule has 0 rings (SSSR count). The van der Waals surface area contributed by atoms with E-state index in [1.807, 2.05) is 54.7 Å². The summed E-state index contributed by atoms with van der Waals surface area (Å²) >= 11 is 0. The summed E-state index contributed by atoms with van der Waals surface area (Å²) in [5, 5.41) is 23.7. The number of aliphatic hydroxyl groups excluding tert-OH is 2. The first-order chi connectivity index (χ1) is 30.5. The van der Waals surface area contributed by atoms with Crippen molar-refractivity contribution in [1.82, 2.24) is 5.32 Å². The molecule has 0 aliphatic heterocycles. The number of rotatable bonds is 42. The van der Waals surface area contributed by atoms with Gasteiger partial charge >= 0.3 is 5.97 Å². The highest BCUT2D eigenvalue weighted by Crippen LogP contribution is 2.16. The van der Waals surface area contributed by atoms with Crippen molar-refractivity contribution < 1.29 is 24.5 Å². The van der Waals surface area contributed by atoms with Gasteiger partial charge in [-0.3, -0.25) is 9.59 Å². The van der Waals surface area contributed by atoms with Crippen LogP contribution in [0.1, 0.15) is 194 Å². The number of esters is 1. The molecule has 1 amide bonds. The maximum Gasteiger partial charge on any atom is 0.306 e. The van der Waals surface area contributed by atoms with Crippen LogP contribution in [0, 0.1) is 0 Å². The average molecular weight is 858 g/mol. The molecule has 0 aliphatic carbocycles. The number of carbonyl (C=O) groups excluding carboxylic acids is 2. The second kappa shape index (κ2) is 48.3. The monoisotopic (exact) mass is 858 g/mol. The van der Waals surface area contributed by atoms with Crippen LogP contribution in [0.4, 0.5) is 0 Å². The summed E-state index contributed by atoms with van der Waals surface area (Å²) in [5.74, 6) is -0.632. The zero-order chi connectivity index (χ0) is 45.2. The third kappa shape index (κ3) is 42.9. The lowest BCUT2D eigenvalue weighted by Crippen LogP contribution is -2.46. The van der Waals surface area contributed by atoms with Crippen LogP contribution in [0.2, 0.25) is 0 Å². The van der Waals surface area contributed by atoms with Crippen molar-refractivity contribution in [3.63, 3.8) is 0 Å². The number of aliphatic hydroxyl groups is 2. The lowest BCUT2D eigenvalue weighted by atomic mass is 10.0. The molecule has 0 heterocycles. The molecule has 0 spiro atoms. The lowest BCUT2D eigenvalue weighted by Gasteiger charge is -2.24. The van der Waals surface area contributed by atoms with E-state index in [1.54, 1.807) is 0 Å². The van der Waals surface area contributed by atoms with Crippen molar-refractivity contribution >= 4 is 11.9 Å². The standard InChI is InChI=1S/C56H91NO5/c1-4-7-10-13-16-19-22-25-26-27-28-31-32-35-38-41-44-47-52(62-56(61)49-46-43-40-37-34-30-24-21-18-15-12-9-6-3)50-55(60)57-53(51-58)54(59)48-45-42-39-36-33-29-23-20-17-14-11-8-5-2/h7,9-10,12,15-16,18-19,21,24-26,28,30-31,34-35,37-38,40,52-54,58-59H,4-6,8,11,13-14,17,20,22-23,27,29,32-33,36,39,41-51H2,1-3H3,(H,57,60)/b10-7-,12-9+,18-15+,19-16-,24-21-,26-25-,31-28-,34-30-,38-35-,40-37+. The second-order valence-electron chi connectivity index (χ2n) is 16.2. The number of nitrogens with one attached hydrogen (secondary N) is 1. The first-order valence-corrected chi connectivity index (χ1v) is 24.8. The topological polar surface area (TPSA) is 95.9 Å². The molecule has 3 unspecified atom stereocenters. The van der Waals surface area contributed by atoms with Gasteiger partial charge < -0.3 is 20.3 Å². The first kappa shape index (κ1) is 58.3. The van der Waals surface area contributed by atoms with Gasteiger partial charge in [-0.05, 0) is 77.0 Å². The molecule has 0 saturated carbocycles. The van der Waals surface area contributed by atoms with Crippen LogP contribution in [0.15, 0.2) is 122 Å². The Labute approximate surface area is 380 Å². The van der Waals surface area contributed by atoms with Crippen molar-refractivity contribution in [3.05, 3.63) is 122 Å². The zero-order valence-electron chi connectivity index (χ0n) is 39.7. The molecule has 0 fully saturated rings. The molecule has 0 aliphatic rings. The van der Waals surface area contributed by atoms with E-state index in [0.717, 1.165) is 77.0 Å². The van der Waals surface area contributed by atoms with Crippen molar-refractivity contribution in [1.29, 1.82) is 0 Å². The van der Waals surface area contributed by atoms with E-state index in [4.69, 9.17) is 4.74 Å². The smallest absolute Gasteiger partial charge is 0.306 e. The maximum atomic E-state index is 13.2. The zero-order valence-corrected chi connectivity index (χ0v) is 39.7. The first-order valence-electron chi connectivity index (χ1n) is 24.8. The SMILES string of the molecule is CC/C=C\C/C=C\C/C=C\C/C=C\C/C=C\CCCC(CC(=O)NC(CO)C(O)CCCCCCCCCCCCCCC)OC(=O)CCC/C=C/C=C\C=C/C=C/C=C/CC. The van der Waals surface area contributed by atoms with E-state index >= 15 is 0 Å². The van der Waals surface area contributed by atoms with Crippen molar-refractivity contribution in [2.45, 2.75) is 212 Å². The highest BCUT2D eigenvalue weighted by atomic mass is 16.5. The second-order valence-corrected chi connectivity index (χ2v) is 16.2. The van der Waals surface area contributed by atoms with E-state index < -0.39 is 18.2 Å². The van der Waals surface area contributed by atoms with Gasteiger partial charge in [0.2, 0.25) is 5.91 Å². The summed E-state index contributed by atoms with van der Waals surface area (Å²) in [6.07, 6.45) is 66.9. The fraction of sp³-hybridized carbons (Fsp3) is 0.607. The van der Waals surface area contributed by atoms with E-state index in [1.165, 1.54) is 64.2 Å². The maximum absolute atomic E-state index is 13.2. The third-order valence-electron chi connectivity index (χ3n) is 10.4. The Kier molecular flexibility index (Phi) is 45.4. The number of carbonyl (C=O) groups is 2. The van der Waals surface area contributed by atoms with Crippen LogP contribution >= 0.6 is 0 Å². The molecule has 350 valence electrons. The quantitative estimate of drug-likeness (QED) is 0.0246. The fourth-order valence-electron chi connectivity index (χ4n) is 6.73. The summed E-state index contributed by atoms with van der Waals surface area (Å²) < 4.78 is 5.85. The summed E-state index contributed by atoms with van der Waals surface area (Å²) in [5.41, 5.74) is 0. The number of amides is 1. The van der Waals surface area contributed by atoms with Crippen LogP contribution in [0.3, 0.4) is 0 Å². The van der Waals surface area contributed by atoms with Crippen LogP contribution in [-0.4, -0.2) is 46.9 Å². The van der Waals surface area contributed by atoms with E-state index in [9.17, 15) is 19.8 Å². The van der Waals surface area contributed by atoms with Gasteiger partial charge in [-0.15, -0.1) is 0 Å². The molecule has 0 aromatic rings. The molecule has 3 atom stereocenters. The van der Waals surface area contributed by atoms with Gasteiger partial charge in [0, 0.05) is 6.42 Å². The largest absolute Gasteiger partial charge is 0.462 e. The Balaban J connectivity index is 4.84. The summed E-state index contributed by atoms with van der Waals surface area (Å²) in [7, 11) is 0. The summed E-state index contributed by atoms with van der Waals surface area (Å²) in [6.45, 7) is 6.17. The molecule has 0 radical (unpaired) electrons. The lowest BCUT2D eigenvalue weighted by molar-refractivity contribution is -0.151.